The van der Waals surface area contributed by atoms with Crippen molar-refractivity contribution in [1.82, 2.24) is 9.88 Å². The number of nitrogens with one attached hydrogen (secondary N) is 1. The summed E-state index contributed by atoms with van der Waals surface area (Å²) in [5.74, 6) is 0.308. The number of aryl methyl sites for hydroxylation is 1. The Morgan fingerprint density at radius 3 is 2.70 bits per heavy atom. The summed E-state index contributed by atoms with van der Waals surface area (Å²) in [6.45, 7) is 5.23. The predicted molar refractivity (Wildman–Crippen MR) is 107 cm³/mol. The number of nitrogens with zero attached hydrogens (tertiary/aromatic N) is 3. The number of rotatable bonds is 5. The van der Waals surface area contributed by atoms with Gasteiger partial charge in [-0.3, -0.25) is 9.59 Å². The van der Waals surface area contributed by atoms with E-state index in [9.17, 15) is 9.59 Å². The van der Waals surface area contributed by atoms with Gasteiger partial charge in [0.25, 0.3) is 0 Å². The number of hydrogen-bond acceptors (Lipinski definition) is 5. The van der Waals surface area contributed by atoms with Crippen molar-refractivity contribution in [3.8, 4) is 0 Å². The summed E-state index contributed by atoms with van der Waals surface area (Å²) >= 11 is 1.39. The van der Waals surface area contributed by atoms with Gasteiger partial charge in [-0.15, -0.1) is 11.3 Å². The minimum atomic E-state index is 0.0505. The average molecular weight is 385 g/mol. The predicted octanol–water partition coefficient (Wildman–Crippen LogP) is 2.69. The first-order chi connectivity index (χ1) is 13.1. The highest BCUT2D eigenvalue weighted by molar-refractivity contribution is 7.13. The molecule has 0 bridgehead atoms. The number of aromatic nitrogens is 1. The quantitative estimate of drug-likeness (QED) is 0.861. The smallest absolute Gasteiger partial charge is 0.229 e. The molecule has 142 valence electrons. The van der Waals surface area contributed by atoms with Gasteiger partial charge in [0.05, 0.1) is 12.1 Å². The Labute approximate surface area is 163 Å². The molecule has 0 spiro atoms. The second kappa shape index (κ2) is 7.68. The van der Waals surface area contributed by atoms with Crippen LogP contribution < -0.4 is 10.2 Å². The maximum absolute atomic E-state index is 12.6. The average Bonchev–Trinajstić information content (AvgIpc) is 3.44. The van der Waals surface area contributed by atoms with Crippen molar-refractivity contribution >= 4 is 34.0 Å². The SMILES string of the molecule is Cc1cccc(N2CCN(C(=O)Cc3csc(NC(=O)C4CC4)n3)CC2)c1. The van der Waals surface area contributed by atoms with E-state index in [2.05, 4.69) is 46.4 Å². The zero-order valence-corrected chi connectivity index (χ0v) is 16.3. The van der Waals surface area contributed by atoms with Crippen molar-refractivity contribution in [3.63, 3.8) is 0 Å². The highest BCUT2D eigenvalue weighted by Gasteiger charge is 2.30. The second-order valence-electron chi connectivity index (χ2n) is 7.29. The fourth-order valence-corrected chi connectivity index (χ4v) is 4.02. The van der Waals surface area contributed by atoms with Gasteiger partial charge in [-0.1, -0.05) is 12.1 Å². The zero-order chi connectivity index (χ0) is 18.8. The Hall–Kier alpha value is -2.41. The van der Waals surface area contributed by atoms with Crippen LogP contribution in [0.3, 0.4) is 0 Å². The highest BCUT2D eigenvalue weighted by atomic mass is 32.1. The van der Waals surface area contributed by atoms with E-state index < -0.39 is 0 Å². The fourth-order valence-electron chi connectivity index (χ4n) is 3.30. The number of anilines is 2. The summed E-state index contributed by atoms with van der Waals surface area (Å²) < 4.78 is 0. The molecule has 1 aromatic heterocycles. The molecule has 0 unspecified atom stereocenters. The van der Waals surface area contributed by atoms with Crippen molar-refractivity contribution in [3.05, 3.63) is 40.9 Å². The topological polar surface area (TPSA) is 65.5 Å². The van der Waals surface area contributed by atoms with E-state index in [1.807, 2.05) is 10.3 Å². The molecule has 2 aliphatic rings. The van der Waals surface area contributed by atoms with Crippen LogP contribution in [0.1, 0.15) is 24.1 Å². The third-order valence-electron chi connectivity index (χ3n) is 5.06. The third kappa shape index (κ3) is 4.47. The molecule has 7 heteroatoms. The van der Waals surface area contributed by atoms with Gasteiger partial charge in [-0.25, -0.2) is 4.98 Å². The van der Waals surface area contributed by atoms with E-state index in [1.165, 1.54) is 22.6 Å². The van der Waals surface area contributed by atoms with Gasteiger partial charge in [0.15, 0.2) is 5.13 Å². The lowest BCUT2D eigenvalue weighted by molar-refractivity contribution is -0.130. The Balaban J connectivity index is 1.28. The van der Waals surface area contributed by atoms with Crippen LogP contribution in [-0.4, -0.2) is 47.9 Å². The molecule has 1 aromatic carbocycles. The molecule has 2 aromatic rings. The normalized spacial score (nSPS) is 17.1. The van der Waals surface area contributed by atoms with E-state index in [4.69, 9.17) is 0 Å². The molecular formula is C20H24N4O2S. The van der Waals surface area contributed by atoms with Crippen LogP contribution in [0.5, 0.6) is 0 Å². The minimum Gasteiger partial charge on any atom is -0.368 e. The summed E-state index contributed by atoms with van der Waals surface area (Å²) in [4.78, 5) is 33.0. The van der Waals surface area contributed by atoms with Crippen molar-refractivity contribution in [2.45, 2.75) is 26.2 Å². The van der Waals surface area contributed by atoms with Crippen LogP contribution in [-0.2, 0) is 16.0 Å². The van der Waals surface area contributed by atoms with Gasteiger partial charge in [0, 0.05) is 43.2 Å². The molecule has 27 heavy (non-hydrogen) atoms. The third-order valence-corrected chi connectivity index (χ3v) is 5.87. The van der Waals surface area contributed by atoms with Crippen molar-refractivity contribution in [2.24, 2.45) is 5.92 Å². The first kappa shape index (κ1) is 18.0. The van der Waals surface area contributed by atoms with Gasteiger partial charge in [-0.05, 0) is 37.5 Å². The van der Waals surface area contributed by atoms with Gasteiger partial charge in [0.1, 0.15) is 0 Å². The van der Waals surface area contributed by atoms with Gasteiger partial charge >= 0.3 is 0 Å². The Morgan fingerprint density at radius 1 is 1.22 bits per heavy atom. The standard InChI is InChI=1S/C20H24N4O2S/c1-14-3-2-4-17(11-14)23-7-9-24(10-8-23)18(25)12-16-13-27-20(21-16)22-19(26)15-5-6-15/h2-4,11,13,15H,5-10,12H2,1H3,(H,21,22,26). The molecule has 2 heterocycles. The summed E-state index contributed by atoms with van der Waals surface area (Å²) in [7, 11) is 0. The van der Waals surface area contributed by atoms with Crippen LogP contribution in [0.15, 0.2) is 29.6 Å². The summed E-state index contributed by atoms with van der Waals surface area (Å²) in [6.07, 6.45) is 2.23. The molecule has 6 nitrogen and oxygen atoms in total. The van der Waals surface area contributed by atoms with Crippen LogP contribution in [0.2, 0.25) is 0 Å². The zero-order valence-electron chi connectivity index (χ0n) is 15.5. The maximum Gasteiger partial charge on any atom is 0.229 e. The lowest BCUT2D eigenvalue weighted by Gasteiger charge is -2.36. The number of benzene rings is 1. The Bertz CT molecular complexity index is 838. The van der Waals surface area contributed by atoms with Crippen molar-refractivity contribution in [1.29, 1.82) is 0 Å². The molecule has 1 aliphatic heterocycles. The molecule has 0 radical (unpaired) electrons. The molecule has 2 amide bonds. The van der Waals surface area contributed by atoms with E-state index in [-0.39, 0.29) is 17.7 Å². The summed E-state index contributed by atoms with van der Waals surface area (Å²) in [5, 5.41) is 5.30. The number of thiazole rings is 1. The maximum atomic E-state index is 12.6. The molecule has 1 saturated heterocycles. The monoisotopic (exact) mass is 384 g/mol. The first-order valence-corrected chi connectivity index (χ1v) is 10.3. The van der Waals surface area contributed by atoms with Crippen molar-refractivity contribution < 1.29 is 9.59 Å². The highest BCUT2D eigenvalue weighted by Crippen LogP contribution is 2.30. The number of piperazine rings is 1. The molecule has 1 N–H and O–H groups in total. The van der Waals surface area contributed by atoms with Crippen LogP contribution in [0.25, 0.3) is 0 Å². The fraction of sp³-hybridized carbons (Fsp3) is 0.450. The molecular weight excluding hydrogens is 360 g/mol. The lowest BCUT2D eigenvalue weighted by Crippen LogP contribution is -2.49. The van der Waals surface area contributed by atoms with Gasteiger partial charge in [0.2, 0.25) is 11.8 Å². The molecule has 2 fully saturated rings. The number of amides is 2. The molecule has 1 aliphatic carbocycles. The molecule has 1 saturated carbocycles. The Morgan fingerprint density at radius 2 is 2.00 bits per heavy atom. The van der Waals surface area contributed by atoms with Crippen LogP contribution in [0.4, 0.5) is 10.8 Å². The second-order valence-corrected chi connectivity index (χ2v) is 8.15. The van der Waals surface area contributed by atoms with E-state index in [0.717, 1.165) is 44.7 Å². The summed E-state index contributed by atoms with van der Waals surface area (Å²) in [5.41, 5.74) is 3.20. The minimum absolute atomic E-state index is 0.0505. The molecule has 0 atom stereocenters. The lowest BCUT2D eigenvalue weighted by atomic mass is 10.2. The summed E-state index contributed by atoms with van der Waals surface area (Å²) in [6, 6.07) is 8.48. The van der Waals surface area contributed by atoms with E-state index in [0.29, 0.717) is 11.6 Å². The largest absolute Gasteiger partial charge is 0.368 e. The van der Waals surface area contributed by atoms with Crippen LogP contribution >= 0.6 is 11.3 Å². The number of carbonyl (C=O) groups excluding carboxylic acids is 2. The van der Waals surface area contributed by atoms with Crippen LogP contribution in [0, 0.1) is 12.8 Å². The van der Waals surface area contributed by atoms with E-state index >= 15 is 0 Å². The molecule has 4 rings (SSSR count). The van der Waals surface area contributed by atoms with Gasteiger partial charge in [-0.2, -0.15) is 0 Å². The van der Waals surface area contributed by atoms with Gasteiger partial charge < -0.3 is 15.1 Å². The first-order valence-electron chi connectivity index (χ1n) is 9.43. The Kier molecular flexibility index (Phi) is 5.11. The van der Waals surface area contributed by atoms with E-state index in [1.54, 1.807) is 0 Å². The number of carbonyl (C=O) groups is 2. The number of hydrogen-bond donors (Lipinski definition) is 1. The van der Waals surface area contributed by atoms with Crippen molar-refractivity contribution in [2.75, 3.05) is 36.4 Å².